The van der Waals surface area contributed by atoms with Crippen LogP contribution in [0.25, 0.3) is 16.9 Å². The van der Waals surface area contributed by atoms with Crippen LogP contribution in [0, 0.1) is 6.92 Å². The van der Waals surface area contributed by atoms with Crippen molar-refractivity contribution in [2.45, 2.75) is 11.8 Å². The van der Waals surface area contributed by atoms with Crippen molar-refractivity contribution in [2.75, 3.05) is 5.32 Å². The summed E-state index contributed by atoms with van der Waals surface area (Å²) in [5, 5.41) is 8.02. The predicted octanol–water partition coefficient (Wildman–Crippen LogP) is 5.50. The normalized spacial score (nSPS) is 11.0. The second-order valence-electron chi connectivity index (χ2n) is 5.70. The standard InChI is InChI=1S/C19H15BrN4S/c1-12-18(20)19-22-16(13-5-3-2-4-6-13)11-17(24(19)23-12)21-14-7-9-15(25)10-8-14/h2-11,21,25H,1H3. The first kappa shape index (κ1) is 16.2. The first-order valence-corrected chi connectivity index (χ1v) is 9.03. The summed E-state index contributed by atoms with van der Waals surface area (Å²) in [7, 11) is 0. The van der Waals surface area contributed by atoms with Gasteiger partial charge in [0.15, 0.2) is 5.65 Å². The van der Waals surface area contributed by atoms with E-state index in [0.29, 0.717) is 0 Å². The van der Waals surface area contributed by atoms with Crippen LogP contribution >= 0.6 is 28.6 Å². The molecule has 0 fully saturated rings. The number of hydrogen-bond acceptors (Lipinski definition) is 4. The molecule has 1 N–H and O–H groups in total. The number of aryl methyl sites for hydroxylation is 1. The van der Waals surface area contributed by atoms with E-state index < -0.39 is 0 Å². The van der Waals surface area contributed by atoms with Crippen LogP contribution < -0.4 is 5.32 Å². The van der Waals surface area contributed by atoms with Crippen molar-refractivity contribution in [1.82, 2.24) is 14.6 Å². The van der Waals surface area contributed by atoms with E-state index in [1.165, 1.54) is 0 Å². The van der Waals surface area contributed by atoms with E-state index >= 15 is 0 Å². The average Bonchev–Trinajstić information content (AvgIpc) is 2.93. The predicted molar refractivity (Wildman–Crippen MR) is 108 cm³/mol. The molecule has 2 aromatic carbocycles. The van der Waals surface area contributed by atoms with Crippen molar-refractivity contribution < 1.29 is 0 Å². The number of hydrogen-bond donors (Lipinski definition) is 2. The highest BCUT2D eigenvalue weighted by Gasteiger charge is 2.14. The topological polar surface area (TPSA) is 42.2 Å². The van der Waals surface area contributed by atoms with Crippen LogP contribution in [0.5, 0.6) is 0 Å². The smallest absolute Gasteiger partial charge is 0.172 e. The minimum absolute atomic E-state index is 0.784. The molecule has 124 valence electrons. The van der Waals surface area contributed by atoms with E-state index in [-0.39, 0.29) is 0 Å². The van der Waals surface area contributed by atoms with Gasteiger partial charge in [-0.15, -0.1) is 12.6 Å². The van der Waals surface area contributed by atoms with Crippen LogP contribution in [0.15, 0.2) is 70.0 Å². The Kier molecular flexibility index (Phi) is 4.23. The summed E-state index contributed by atoms with van der Waals surface area (Å²) in [6.45, 7) is 1.96. The Labute approximate surface area is 159 Å². The number of fused-ring (bicyclic) bond motifs is 1. The molecular formula is C19H15BrN4S. The maximum Gasteiger partial charge on any atom is 0.172 e. The summed E-state index contributed by atoms with van der Waals surface area (Å²) in [5.74, 6) is 0.851. The second-order valence-corrected chi connectivity index (χ2v) is 7.01. The lowest BCUT2D eigenvalue weighted by Gasteiger charge is -2.11. The molecular weight excluding hydrogens is 396 g/mol. The SMILES string of the molecule is Cc1nn2c(Nc3ccc(S)cc3)cc(-c3ccccc3)nc2c1Br. The van der Waals surface area contributed by atoms with Gasteiger partial charge < -0.3 is 5.32 Å². The number of nitrogens with zero attached hydrogens (tertiary/aromatic N) is 3. The van der Waals surface area contributed by atoms with Crippen LogP contribution in [0.2, 0.25) is 0 Å². The third-order valence-corrected chi connectivity index (χ3v) is 5.13. The van der Waals surface area contributed by atoms with Crippen LogP contribution in [0.3, 0.4) is 0 Å². The molecule has 0 unspecified atom stereocenters. The zero-order chi connectivity index (χ0) is 17.4. The molecule has 0 saturated carbocycles. The number of nitrogens with one attached hydrogen (secondary N) is 1. The molecule has 0 radical (unpaired) electrons. The molecule has 6 heteroatoms. The summed E-state index contributed by atoms with van der Waals surface area (Å²) in [6.07, 6.45) is 0. The number of halogens is 1. The minimum atomic E-state index is 0.784. The van der Waals surface area contributed by atoms with E-state index in [2.05, 4.69) is 51.1 Å². The molecule has 0 spiro atoms. The molecule has 2 aromatic heterocycles. The third-order valence-electron chi connectivity index (χ3n) is 3.90. The van der Waals surface area contributed by atoms with Crippen molar-refractivity contribution in [2.24, 2.45) is 0 Å². The number of rotatable bonds is 3. The van der Waals surface area contributed by atoms with E-state index in [4.69, 9.17) is 4.98 Å². The molecule has 0 aliphatic rings. The van der Waals surface area contributed by atoms with Crippen molar-refractivity contribution in [3.63, 3.8) is 0 Å². The number of anilines is 2. The van der Waals surface area contributed by atoms with Crippen LogP contribution in [-0.2, 0) is 0 Å². The first-order chi connectivity index (χ1) is 12.1. The van der Waals surface area contributed by atoms with E-state index in [1.807, 2.05) is 60.0 Å². The minimum Gasteiger partial charge on any atom is -0.340 e. The van der Waals surface area contributed by atoms with Gasteiger partial charge in [-0.05, 0) is 47.1 Å². The molecule has 4 rings (SSSR count). The lowest BCUT2D eigenvalue weighted by Crippen LogP contribution is -2.02. The second kappa shape index (κ2) is 6.54. The first-order valence-electron chi connectivity index (χ1n) is 7.79. The lowest BCUT2D eigenvalue weighted by atomic mass is 10.1. The summed E-state index contributed by atoms with van der Waals surface area (Å²) in [5.41, 5.74) is 4.60. The Balaban J connectivity index is 1.89. The van der Waals surface area contributed by atoms with Crippen molar-refractivity contribution >= 4 is 45.7 Å². The van der Waals surface area contributed by atoms with Gasteiger partial charge in [-0.3, -0.25) is 0 Å². The number of aromatic nitrogens is 3. The van der Waals surface area contributed by atoms with Gasteiger partial charge in [0.2, 0.25) is 0 Å². The van der Waals surface area contributed by atoms with Gasteiger partial charge in [0.05, 0.1) is 15.9 Å². The zero-order valence-corrected chi connectivity index (χ0v) is 15.9. The van der Waals surface area contributed by atoms with Crippen LogP contribution in [0.1, 0.15) is 5.69 Å². The van der Waals surface area contributed by atoms with Gasteiger partial charge in [0, 0.05) is 22.2 Å². The Bertz CT molecular complexity index is 1040. The average molecular weight is 411 g/mol. The number of thiol groups is 1. The van der Waals surface area contributed by atoms with Gasteiger partial charge in [-0.2, -0.15) is 9.61 Å². The molecule has 25 heavy (non-hydrogen) atoms. The van der Waals surface area contributed by atoms with Crippen molar-refractivity contribution in [3.05, 3.63) is 70.8 Å². The molecule has 0 aliphatic heterocycles. The van der Waals surface area contributed by atoms with Gasteiger partial charge in [-0.25, -0.2) is 4.98 Å². The van der Waals surface area contributed by atoms with Gasteiger partial charge in [0.1, 0.15) is 5.82 Å². The lowest BCUT2D eigenvalue weighted by molar-refractivity contribution is 0.926. The maximum atomic E-state index is 4.78. The van der Waals surface area contributed by atoms with Crippen molar-refractivity contribution in [3.8, 4) is 11.3 Å². The van der Waals surface area contributed by atoms with Gasteiger partial charge >= 0.3 is 0 Å². The third kappa shape index (κ3) is 3.15. The number of benzene rings is 2. The van der Waals surface area contributed by atoms with Gasteiger partial charge in [-0.1, -0.05) is 30.3 Å². The molecule has 0 bridgehead atoms. The highest BCUT2D eigenvalue weighted by molar-refractivity contribution is 9.10. The Morgan fingerprint density at radius 1 is 1.04 bits per heavy atom. The quantitative estimate of drug-likeness (QED) is 0.438. The Morgan fingerprint density at radius 3 is 2.48 bits per heavy atom. The monoisotopic (exact) mass is 410 g/mol. The van der Waals surface area contributed by atoms with Crippen LogP contribution in [-0.4, -0.2) is 14.6 Å². The van der Waals surface area contributed by atoms with Crippen LogP contribution in [0.4, 0.5) is 11.5 Å². The zero-order valence-electron chi connectivity index (χ0n) is 13.4. The molecule has 4 aromatic rings. The fourth-order valence-corrected chi connectivity index (χ4v) is 3.12. The summed E-state index contributed by atoms with van der Waals surface area (Å²) >= 11 is 7.94. The van der Waals surface area contributed by atoms with E-state index in [0.717, 1.165) is 43.5 Å². The molecule has 0 aliphatic carbocycles. The summed E-state index contributed by atoms with van der Waals surface area (Å²) in [4.78, 5) is 5.71. The highest BCUT2D eigenvalue weighted by Crippen LogP contribution is 2.29. The van der Waals surface area contributed by atoms with Crippen molar-refractivity contribution in [1.29, 1.82) is 0 Å². The molecule has 0 amide bonds. The fraction of sp³-hybridized carbons (Fsp3) is 0.0526. The highest BCUT2D eigenvalue weighted by atomic mass is 79.9. The maximum absolute atomic E-state index is 4.78. The Morgan fingerprint density at radius 2 is 1.76 bits per heavy atom. The fourth-order valence-electron chi connectivity index (χ4n) is 2.64. The largest absolute Gasteiger partial charge is 0.340 e. The van der Waals surface area contributed by atoms with E-state index in [9.17, 15) is 0 Å². The molecule has 2 heterocycles. The van der Waals surface area contributed by atoms with E-state index in [1.54, 1.807) is 0 Å². The summed E-state index contributed by atoms with van der Waals surface area (Å²) in [6, 6.07) is 20.0. The molecule has 4 nitrogen and oxygen atoms in total. The van der Waals surface area contributed by atoms with Gasteiger partial charge in [0.25, 0.3) is 0 Å². The summed E-state index contributed by atoms with van der Waals surface area (Å²) < 4.78 is 2.72. The Hall–Kier alpha value is -2.31. The molecule has 0 saturated heterocycles. The molecule has 0 atom stereocenters.